The molecule has 0 aliphatic rings. The smallest absolute Gasteiger partial charge is 0.250 e. The monoisotopic (exact) mass is 403 g/mol. The molecule has 3 rings (SSSR count). The second-order valence-electron chi connectivity index (χ2n) is 5.60. The molecule has 1 amide bonds. The van der Waals surface area contributed by atoms with Crippen LogP contribution in [0.3, 0.4) is 0 Å². The van der Waals surface area contributed by atoms with Crippen LogP contribution < -0.4 is 5.43 Å². The van der Waals surface area contributed by atoms with Crippen molar-refractivity contribution in [3.63, 3.8) is 0 Å². The molecule has 0 atom stereocenters. The van der Waals surface area contributed by atoms with E-state index in [9.17, 15) is 4.79 Å². The van der Waals surface area contributed by atoms with E-state index >= 15 is 0 Å². The van der Waals surface area contributed by atoms with Crippen LogP contribution in [0.2, 0.25) is 10.2 Å². The number of nitrogens with one attached hydrogen (secondary N) is 1. The van der Waals surface area contributed by atoms with Crippen LogP contribution in [0.25, 0.3) is 10.9 Å². The van der Waals surface area contributed by atoms with E-state index in [2.05, 4.69) is 15.5 Å². The first-order chi connectivity index (χ1) is 12.5. The molecule has 0 spiro atoms. The van der Waals surface area contributed by atoms with E-state index in [1.54, 1.807) is 12.1 Å². The van der Waals surface area contributed by atoms with Crippen LogP contribution in [-0.4, -0.2) is 22.9 Å². The second kappa shape index (κ2) is 8.54. The number of carbonyl (C=O) groups excluding carboxylic acids is 1. The highest BCUT2D eigenvalue weighted by Crippen LogP contribution is 2.21. The summed E-state index contributed by atoms with van der Waals surface area (Å²) in [6.07, 6.45) is 1.50. The standard InChI is InChI=1S/C19H15Cl2N3OS/c1-12-2-7-17-13(8-12)9-14(19(21)23-17)10-22-24-18(25)11-26-16-5-3-15(20)4-6-16/h2-10H,11H2,1H3,(H,24,25)/b22-10-. The Morgan fingerprint density at radius 2 is 1.96 bits per heavy atom. The van der Waals surface area contributed by atoms with E-state index in [0.29, 0.717) is 15.7 Å². The zero-order valence-electron chi connectivity index (χ0n) is 13.9. The molecule has 0 radical (unpaired) electrons. The summed E-state index contributed by atoms with van der Waals surface area (Å²) in [4.78, 5) is 17.2. The summed E-state index contributed by atoms with van der Waals surface area (Å²) in [5, 5.41) is 5.96. The van der Waals surface area contributed by atoms with Crippen LogP contribution in [-0.2, 0) is 4.79 Å². The summed E-state index contributed by atoms with van der Waals surface area (Å²) < 4.78 is 0. The number of rotatable bonds is 5. The van der Waals surface area contributed by atoms with Crippen molar-refractivity contribution in [1.29, 1.82) is 0 Å². The first-order valence-electron chi connectivity index (χ1n) is 7.78. The first-order valence-corrected chi connectivity index (χ1v) is 9.52. The molecule has 1 aromatic heterocycles. The molecule has 2 aromatic carbocycles. The van der Waals surface area contributed by atoms with Crippen LogP contribution in [0.5, 0.6) is 0 Å². The third kappa shape index (κ3) is 4.97. The number of hydrazone groups is 1. The molecule has 0 saturated carbocycles. The lowest BCUT2D eigenvalue weighted by molar-refractivity contribution is -0.118. The number of hydrogen-bond acceptors (Lipinski definition) is 4. The van der Waals surface area contributed by atoms with Gasteiger partial charge in [-0.1, -0.05) is 34.8 Å². The van der Waals surface area contributed by atoms with Crippen molar-refractivity contribution in [2.75, 3.05) is 5.75 Å². The van der Waals surface area contributed by atoms with Crippen LogP contribution in [0, 0.1) is 6.92 Å². The van der Waals surface area contributed by atoms with Crippen molar-refractivity contribution >= 4 is 58.0 Å². The molecule has 4 nitrogen and oxygen atoms in total. The van der Waals surface area contributed by atoms with Gasteiger partial charge in [-0.05, 0) is 49.4 Å². The second-order valence-corrected chi connectivity index (χ2v) is 7.44. The molecule has 26 heavy (non-hydrogen) atoms. The Morgan fingerprint density at radius 1 is 1.19 bits per heavy atom. The van der Waals surface area contributed by atoms with Gasteiger partial charge in [0.15, 0.2) is 0 Å². The SMILES string of the molecule is Cc1ccc2nc(Cl)c(/C=N\NC(=O)CSc3ccc(Cl)cc3)cc2c1. The van der Waals surface area contributed by atoms with Gasteiger partial charge in [-0.15, -0.1) is 11.8 Å². The Kier molecular flexibility index (Phi) is 6.14. The number of aromatic nitrogens is 1. The van der Waals surface area contributed by atoms with E-state index in [4.69, 9.17) is 23.2 Å². The molecule has 0 bridgehead atoms. The van der Waals surface area contributed by atoms with Crippen LogP contribution in [0.1, 0.15) is 11.1 Å². The number of aryl methyl sites for hydroxylation is 1. The predicted molar refractivity (Wildman–Crippen MR) is 109 cm³/mol. The fraction of sp³-hybridized carbons (Fsp3) is 0.105. The molecular formula is C19H15Cl2N3OS. The number of carbonyl (C=O) groups is 1. The molecule has 0 aliphatic carbocycles. The lowest BCUT2D eigenvalue weighted by Gasteiger charge is -2.03. The quantitative estimate of drug-likeness (QED) is 0.279. The number of thioether (sulfide) groups is 1. The lowest BCUT2D eigenvalue weighted by Crippen LogP contribution is -2.19. The highest BCUT2D eigenvalue weighted by molar-refractivity contribution is 8.00. The highest BCUT2D eigenvalue weighted by atomic mass is 35.5. The number of halogens is 2. The molecule has 0 unspecified atom stereocenters. The Bertz CT molecular complexity index is 974. The topological polar surface area (TPSA) is 54.4 Å². The molecule has 132 valence electrons. The fourth-order valence-corrected chi connectivity index (χ4v) is 3.28. The summed E-state index contributed by atoms with van der Waals surface area (Å²) in [7, 11) is 0. The minimum absolute atomic E-state index is 0.207. The Hall–Kier alpha value is -2.08. The predicted octanol–water partition coefficient (Wildman–Crippen LogP) is 5.09. The number of benzene rings is 2. The summed E-state index contributed by atoms with van der Waals surface area (Å²) in [5.74, 6) is 0.0453. The van der Waals surface area contributed by atoms with Gasteiger partial charge in [-0.2, -0.15) is 5.10 Å². The van der Waals surface area contributed by atoms with Crippen molar-refractivity contribution in [2.45, 2.75) is 11.8 Å². The van der Waals surface area contributed by atoms with Gasteiger partial charge in [-0.25, -0.2) is 10.4 Å². The number of hydrogen-bond donors (Lipinski definition) is 1. The van der Waals surface area contributed by atoms with Crippen LogP contribution >= 0.6 is 35.0 Å². The van der Waals surface area contributed by atoms with Crippen molar-refractivity contribution in [3.8, 4) is 0 Å². The largest absolute Gasteiger partial charge is 0.272 e. The molecule has 3 aromatic rings. The van der Waals surface area contributed by atoms with Gasteiger partial charge in [0.05, 0.1) is 17.5 Å². The molecule has 0 aliphatic heterocycles. The van der Waals surface area contributed by atoms with E-state index in [1.165, 1.54) is 18.0 Å². The van der Waals surface area contributed by atoms with Crippen molar-refractivity contribution in [1.82, 2.24) is 10.4 Å². The third-order valence-corrected chi connectivity index (χ3v) is 5.09. The van der Waals surface area contributed by atoms with Gasteiger partial charge in [0.2, 0.25) is 5.91 Å². The molecule has 0 fully saturated rings. The molecular weight excluding hydrogens is 389 g/mol. The normalized spacial score (nSPS) is 11.2. The van der Waals surface area contributed by atoms with Gasteiger partial charge in [0.25, 0.3) is 0 Å². The van der Waals surface area contributed by atoms with Crippen molar-refractivity contribution in [2.24, 2.45) is 5.10 Å². The van der Waals surface area contributed by atoms with Gasteiger partial charge in [0.1, 0.15) is 5.15 Å². The Morgan fingerprint density at radius 3 is 2.73 bits per heavy atom. The van der Waals surface area contributed by atoms with Crippen LogP contribution in [0.15, 0.2) is 58.5 Å². The summed E-state index contributed by atoms with van der Waals surface area (Å²) in [6.45, 7) is 2.01. The summed E-state index contributed by atoms with van der Waals surface area (Å²) in [5.41, 5.74) is 5.10. The zero-order chi connectivity index (χ0) is 18.5. The van der Waals surface area contributed by atoms with E-state index in [1.807, 2.05) is 43.3 Å². The van der Waals surface area contributed by atoms with Crippen molar-refractivity contribution < 1.29 is 4.79 Å². The average Bonchev–Trinajstić information content (AvgIpc) is 2.62. The molecule has 7 heteroatoms. The number of amides is 1. The van der Waals surface area contributed by atoms with Gasteiger partial charge in [-0.3, -0.25) is 4.79 Å². The number of pyridine rings is 1. The Balaban J connectivity index is 1.60. The molecule has 1 N–H and O–H groups in total. The average molecular weight is 404 g/mol. The maximum atomic E-state index is 11.9. The summed E-state index contributed by atoms with van der Waals surface area (Å²) in [6, 6.07) is 15.1. The highest BCUT2D eigenvalue weighted by Gasteiger charge is 2.05. The van der Waals surface area contributed by atoms with E-state index in [0.717, 1.165) is 21.4 Å². The van der Waals surface area contributed by atoms with Gasteiger partial charge < -0.3 is 0 Å². The minimum Gasteiger partial charge on any atom is -0.272 e. The zero-order valence-corrected chi connectivity index (χ0v) is 16.2. The van der Waals surface area contributed by atoms with E-state index < -0.39 is 0 Å². The van der Waals surface area contributed by atoms with Crippen LogP contribution in [0.4, 0.5) is 0 Å². The maximum absolute atomic E-state index is 11.9. The maximum Gasteiger partial charge on any atom is 0.250 e. The minimum atomic E-state index is -0.207. The third-order valence-electron chi connectivity index (χ3n) is 3.53. The first kappa shape index (κ1) is 18.7. The van der Waals surface area contributed by atoms with Gasteiger partial charge in [0, 0.05) is 20.9 Å². The van der Waals surface area contributed by atoms with Crippen molar-refractivity contribution in [3.05, 3.63) is 69.8 Å². The number of nitrogens with zero attached hydrogens (tertiary/aromatic N) is 2. The molecule has 1 heterocycles. The van der Waals surface area contributed by atoms with E-state index in [-0.39, 0.29) is 11.7 Å². The fourth-order valence-electron chi connectivity index (χ4n) is 2.27. The number of fused-ring (bicyclic) bond motifs is 1. The lowest BCUT2D eigenvalue weighted by atomic mass is 10.1. The Labute approximate surface area is 165 Å². The molecule has 0 saturated heterocycles. The van der Waals surface area contributed by atoms with Gasteiger partial charge >= 0.3 is 0 Å². The summed E-state index contributed by atoms with van der Waals surface area (Å²) >= 11 is 13.4.